The number of carbonyl (C=O) groups excluding carboxylic acids is 2. The summed E-state index contributed by atoms with van der Waals surface area (Å²) in [6, 6.07) is 1.61. The molecule has 5 nitrogen and oxygen atoms in total. The van der Waals surface area contributed by atoms with Crippen molar-refractivity contribution in [1.29, 1.82) is 0 Å². The Hall–Kier alpha value is -1.91. The molecule has 1 aliphatic heterocycles. The van der Waals surface area contributed by atoms with Crippen LogP contribution in [-0.4, -0.2) is 23.5 Å². The highest BCUT2D eigenvalue weighted by Gasteiger charge is 2.35. The van der Waals surface area contributed by atoms with Crippen molar-refractivity contribution in [3.63, 3.8) is 0 Å². The molecule has 0 bridgehead atoms. The summed E-state index contributed by atoms with van der Waals surface area (Å²) in [5.74, 6) is -1.49. The number of ether oxygens (including phenoxy) is 2. The molecular weight excluding hydrogens is 210 g/mol. The van der Waals surface area contributed by atoms with Crippen LogP contribution in [0.25, 0.3) is 0 Å². The summed E-state index contributed by atoms with van der Waals surface area (Å²) in [5, 5.41) is 0. The van der Waals surface area contributed by atoms with E-state index in [-0.39, 0.29) is 6.61 Å². The predicted molar refractivity (Wildman–Crippen MR) is 53.7 cm³/mol. The molecule has 1 unspecified atom stereocenters. The highest BCUT2D eigenvalue weighted by Crippen LogP contribution is 2.27. The Bertz CT molecular complexity index is 430. The van der Waals surface area contributed by atoms with Gasteiger partial charge in [0.15, 0.2) is 5.92 Å². The van der Waals surface area contributed by atoms with E-state index in [9.17, 15) is 9.59 Å². The Labute approximate surface area is 92.4 Å². The van der Waals surface area contributed by atoms with Crippen LogP contribution in [0.5, 0.6) is 5.75 Å². The van der Waals surface area contributed by atoms with Crippen LogP contribution in [0.3, 0.4) is 0 Å². The zero-order chi connectivity index (χ0) is 11.5. The van der Waals surface area contributed by atoms with Crippen LogP contribution in [0.1, 0.15) is 12.5 Å². The van der Waals surface area contributed by atoms with Gasteiger partial charge in [0.1, 0.15) is 5.75 Å². The minimum absolute atomic E-state index is 0.252. The molecule has 0 aliphatic carbocycles. The molecule has 0 saturated heterocycles. The quantitative estimate of drug-likeness (QED) is 0.544. The summed E-state index contributed by atoms with van der Waals surface area (Å²) in [6.07, 6.45) is 3.42. The smallest absolute Gasteiger partial charge is 0.326 e. The van der Waals surface area contributed by atoms with E-state index in [1.807, 2.05) is 0 Å². The lowest BCUT2D eigenvalue weighted by molar-refractivity contribution is -0.157. The van der Waals surface area contributed by atoms with E-state index in [4.69, 9.17) is 9.47 Å². The van der Waals surface area contributed by atoms with Crippen LogP contribution in [-0.2, 0) is 20.7 Å². The lowest BCUT2D eigenvalue weighted by Crippen LogP contribution is -2.35. The third-order valence-corrected chi connectivity index (χ3v) is 2.35. The van der Waals surface area contributed by atoms with Gasteiger partial charge in [-0.3, -0.25) is 14.6 Å². The number of hydrogen-bond donors (Lipinski definition) is 0. The molecule has 5 heteroatoms. The summed E-state index contributed by atoms with van der Waals surface area (Å²) in [7, 11) is 0. The highest BCUT2D eigenvalue weighted by atomic mass is 16.6. The Morgan fingerprint density at radius 1 is 1.69 bits per heavy atom. The Morgan fingerprint density at radius 3 is 3.25 bits per heavy atom. The molecule has 0 aromatic carbocycles. The molecule has 1 aromatic heterocycles. The molecule has 0 radical (unpaired) electrons. The normalized spacial score (nSPS) is 18.6. The van der Waals surface area contributed by atoms with E-state index in [0.717, 1.165) is 5.56 Å². The maximum absolute atomic E-state index is 11.5. The highest BCUT2D eigenvalue weighted by molar-refractivity contribution is 5.97. The molecule has 0 N–H and O–H groups in total. The van der Waals surface area contributed by atoms with Crippen molar-refractivity contribution in [3.05, 3.63) is 24.0 Å². The molecule has 2 heterocycles. The molecular formula is C11H11NO4. The number of carbonyl (C=O) groups is 2. The van der Waals surface area contributed by atoms with E-state index >= 15 is 0 Å². The SMILES string of the molecule is CCOC(=O)C1Cc2cnccc2OC1=O. The zero-order valence-corrected chi connectivity index (χ0v) is 8.80. The zero-order valence-electron chi connectivity index (χ0n) is 8.80. The molecule has 0 saturated carbocycles. The summed E-state index contributed by atoms with van der Waals surface area (Å²) < 4.78 is 9.84. The molecule has 0 amide bonds. The maximum atomic E-state index is 11.5. The standard InChI is InChI=1S/C11H11NO4/c1-2-15-10(13)8-5-7-6-12-4-3-9(7)16-11(8)14/h3-4,6,8H,2,5H2,1H3. The second-order valence-electron chi connectivity index (χ2n) is 3.41. The van der Waals surface area contributed by atoms with Crippen LogP contribution >= 0.6 is 0 Å². The first-order chi connectivity index (χ1) is 7.72. The fourth-order valence-corrected chi connectivity index (χ4v) is 1.57. The fraction of sp³-hybridized carbons (Fsp3) is 0.364. The van der Waals surface area contributed by atoms with Gasteiger partial charge in [-0.1, -0.05) is 0 Å². The van der Waals surface area contributed by atoms with Gasteiger partial charge < -0.3 is 9.47 Å². The number of esters is 2. The third-order valence-electron chi connectivity index (χ3n) is 2.35. The minimum atomic E-state index is -0.864. The van der Waals surface area contributed by atoms with Gasteiger partial charge in [0.2, 0.25) is 0 Å². The van der Waals surface area contributed by atoms with Gasteiger partial charge in [0.05, 0.1) is 6.61 Å². The second kappa shape index (κ2) is 4.30. The van der Waals surface area contributed by atoms with Gasteiger partial charge in [-0.05, 0) is 13.0 Å². The van der Waals surface area contributed by atoms with Gasteiger partial charge in [-0.15, -0.1) is 0 Å². The van der Waals surface area contributed by atoms with E-state index in [1.165, 1.54) is 6.20 Å². The predicted octanol–water partition coefficient (Wildman–Crippen LogP) is 0.722. The average molecular weight is 221 g/mol. The first-order valence-corrected chi connectivity index (χ1v) is 5.03. The number of fused-ring (bicyclic) bond motifs is 1. The molecule has 1 aromatic rings. The van der Waals surface area contributed by atoms with Crippen LogP contribution in [0.15, 0.2) is 18.5 Å². The van der Waals surface area contributed by atoms with E-state index in [2.05, 4.69) is 4.98 Å². The van der Waals surface area contributed by atoms with Crippen molar-refractivity contribution in [2.45, 2.75) is 13.3 Å². The van der Waals surface area contributed by atoms with Gasteiger partial charge in [0, 0.05) is 24.4 Å². The minimum Gasteiger partial charge on any atom is -0.465 e. The summed E-state index contributed by atoms with van der Waals surface area (Å²) >= 11 is 0. The summed E-state index contributed by atoms with van der Waals surface area (Å²) in [5.41, 5.74) is 0.750. The largest absolute Gasteiger partial charge is 0.465 e. The first kappa shape index (κ1) is 10.6. The van der Waals surface area contributed by atoms with Gasteiger partial charge in [-0.2, -0.15) is 0 Å². The number of rotatable bonds is 2. The van der Waals surface area contributed by atoms with Crippen molar-refractivity contribution < 1.29 is 19.1 Å². The van der Waals surface area contributed by atoms with Crippen molar-refractivity contribution in [3.8, 4) is 5.75 Å². The number of nitrogens with zero attached hydrogens (tertiary/aromatic N) is 1. The van der Waals surface area contributed by atoms with Gasteiger partial charge in [0.25, 0.3) is 0 Å². The van der Waals surface area contributed by atoms with E-state index < -0.39 is 17.9 Å². The first-order valence-electron chi connectivity index (χ1n) is 5.03. The molecule has 16 heavy (non-hydrogen) atoms. The Balaban J connectivity index is 2.21. The van der Waals surface area contributed by atoms with Crippen LogP contribution in [0.4, 0.5) is 0 Å². The molecule has 2 rings (SSSR count). The lowest BCUT2D eigenvalue weighted by Gasteiger charge is -2.21. The lowest BCUT2D eigenvalue weighted by atomic mass is 9.98. The maximum Gasteiger partial charge on any atom is 0.326 e. The average Bonchev–Trinajstić information content (AvgIpc) is 2.28. The molecule has 0 spiro atoms. The van der Waals surface area contributed by atoms with Crippen molar-refractivity contribution in [1.82, 2.24) is 4.98 Å². The molecule has 84 valence electrons. The molecule has 1 atom stereocenters. The van der Waals surface area contributed by atoms with Crippen LogP contribution < -0.4 is 4.74 Å². The number of aromatic nitrogens is 1. The summed E-state index contributed by atoms with van der Waals surface area (Å²) in [4.78, 5) is 26.9. The topological polar surface area (TPSA) is 65.5 Å². The van der Waals surface area contributed by atoms with Gasteiger partial charge in [-0.25, -0.2) is 0 Å². The van der Waals surface area contributed by atoms with Gasteiger partial charge >= 0.3 is 11.9 Å². The second-order valence-corrected chi connectivity index (χ2v) is 3.41. The fourth-order valence-electron chi connectivity index (χ4n) is 1.57. The van der Waals surface area contributed by atoms with Crippen molar-refractivity contribution in [2.75, 3.05) is 6.61 Å². The third kappa shape index (κ3) is 1.88. The monoisotopic (exact) mass is 221 g/mol. The number of pyridine rings is 1. The Morgan fingerprint density at radius 2 is 2.50 bits per heavy atom. The van der Waals surface area contributed by atoms with E-state index in [1.54, 1.807) is 19.2 Å². The van der Waals surface area contributed by atoms with Crippen LogP contribution in [0.2, 0.25) is 0 Å². The van der Waals surface area contributed by atoms with Crippen LogP contribution in [0, 0.1) is 5.92 Å². The molecule has 1 aliphatic rings. The van der Waals surface area contributed by atoms with E-state index in [0.29, 0.717) is 12.2 Å². The molecule has 0 fully saturated rings. The Kier molecular flexibility index (Phi) is 2.85. The summed E-state index contributed by atoms with van der Waals surface area (Å²) in [6.45, 7) is 1.95. The van der Waals surface area contributed by atoms with Crippen molar-refractivity contribution in [2.24, 2.45) is 5.92 Å². The van der Waals surface area contributed by atoms with Crippen molar-refractivity contribution >= 4 is 11.9 Å². The number of hydrogen-bond acceptors (Lipinski definition) is 5.